The number of nitriles is 1. The maximum atomic E-state index is 9.81. The van der Waals surface area contributed by atoms with Gasteiger partial charge in [0.05, 0.1) is 30.6 Å². The summed E-state index contributed by atoms with van der Waals surface area (Å²) in [6, 6.07) is 13.8. The van der Waals surface area contributed by atoms with Crippen LogP contribution >= 0.6 is 0 Å². The van der Waals surface area contributed by atoms with Crippen molar-refractivity contribution < 1.29 is 4.74 Å². The van der Waals surface area contributed by atoms with E-state index in [0.29, 0.717) is 23.5 Å². The fraction of sp³-hybridized carbons (Fsp3) is 0.323. The summed E-state index contributed by atoms with van der Waals surface area (Å²) in [5.74, 6) is 1.64. The fourth-order valence-corrected chi connectivity index (χ4v) is 6.78. The highest BCUT2D eigenvalue weighted by Gasteiger charge is 2.44. The topological polar surface area (TPSA) is 100 Å². The molecule has 5 aromatic heterocycles. The van der Waals surface area contributed by atoms with Gasteiger partial charge in [0.2, 0.25) is 5.88 Å². The van der Waals surface area contributed by atoms with Crippen molar-refractivity contribution in [3.05, 3.63) is 78.1 Å². The van der Waals surface area contributed by atoms with E-state index in [-0.39, 0.29) is 0 Å². The monoisotopic (exact) mass is 543 g/mol. The SMILES string of the molecule is COc1ccc(CN2C3CC2CN(c2ccc(-c4cc(-c5cnn6c5CCC6)cn5ncc(C#N)c45)cn2)C3)cn1. The first-order valence-corrected chi connectivity index (χ1v) is 14.1. The van der Waals surface area contributed by atoms with E-state index in [4.69, 9.17) is 9.72 Å². The third-order valence-electron chi connectivity index (χ3n) is 8.87. The Morgan fingerprint density at radius 2 is 1.88 bits per heavy atom. The van der Waals surface area contributed by atoms with Crippen LogP contribution in [0.5, 0.6) is 5.88 Å². The molecule has 0 aliphatic carbocycles. The Hall–Kier alpha value is -4.75. The van der Waals surface area contributed by atoms with Crippen molar-refractivity contribution in [3.63, 3.8) is 0 Å². The minimum absolute atomic E-state index is 0.511. The minimum atomic E-state index is 0.511. The van der Waals surface area contributed by atoms with Gasteiger partial charge in [0.1, 0.15) is 11.9 Å². The number of hydrogen-bond acceptors (Lipinski definition) is 8. The van der Waals surface area contributed by atoms with Crippen molar-refractivity contribution in [1.82, 2.24) is 34.3 Å². The van der Waals surface area contributed by atoms with Crippen LogP contribution in [0.2, 0.25) is 0 Å². The number of ether oxygens (including phenoxy) is 1. The van der Waals surface area contributed by atoms with Crippen LogP contribution in [0.25, 0.3) is 27.8 Å². The number of methoxy groups -OCH3 is 1. The highest BCUT2D eigenvalue weighted by atomic mass is 16.5. The molecule has 0 spiro atoms. The first-order chi connectivity index (χ1) is 20.2. The highest BCUT2D eigenvalue weighted by molar-refractivity contribution is 5.87. The molecule has 5 aromatic rings. The van der Waals surface area contributed by atoms with Gasteiger partial charge < -0.3 is 9.64 Å². The van der Waals surface area contributed by atoms with Gasteiger partial charge in [-0.2, -0.15) is 15.5 Å². The number of pyridine rings is 3. The minimum Gasteiger partial charge on any atom is -0.481 e. The second-order valence-electron chi connectivity index (χ2n) is 11.2. The van der Waals surface area contributed by atoms with E-state index in [1.165, 1.54) is 17.7 Å². The number of aromatic nitrogens is 6. The summed E-state index contributed by atoms with van der Waals surface area (Å²) >= 11 is 0. The zero-order valence-corrected chi connectivity index (χ0v) is 22.8. The molecular formula is C31H29N9O. The Kier molecular flexibility index (Phi) is 5.53. The van der Waals surface area contributed by atoms with Crippen molar-refractivity contribution in [2.75, 3.05) is 25.1 Å². The Bertz CT molecular complexity index is 1790. The molecule has 0 aromatic carbocycles. The molecule has 0 radical (unpaired) electrons. The molecule has 0 amide bonds. The number of fused-ring (bicyclic) bond motifs is 4. The predicted octanol–water partition coefficient (Wildman–Crippen LogP) is 3.94. The quantitative estimate of drug-likeness (QED) is 0.318. The van der Waals surface area contributed by atoms with E-state index in [1.807, 2.05) is 35.4 Å². The van der Waals surface area contributed by atoms with E-state index >= 15 is 0 Å². The van der Waals surface area contributed by atoms with Crippen molar-refractivity contribution in [2.24, 2.45) is 0 Å². The van der Waals surface area contributed by atoms with Crippen LogP contribution in [-0.4, -0.2) is 66.5 Å². The third kappa shape index (κ3) is 3.96. The van der Waals surface area contributed by atoms with Gasteiger partial charge in [-0.1, -0.05) is 6.07 Å². The van der Waals surface area contributed by atoms with Crippen molar-refractivity contribution in [2.45, 2.75) is 44.4 Å². The van der Waals surface area contributed by atoms with Crippen LogP contribution in [-0.2, 0) is 19.5 Å². The summed E-state index contributed by atoms with van der Waals surface area (Å²) in [5, 5.41) is 18.9. The maximum Gasteiger partial charge on any atom is 0.212 e. The number of piperazine rings is 1. The predicted molar refractivity (Wildman–Crippen MR) is 153 cm³/mol. The van der Waals surface area contributed by atoms with Gasteiger partial charge in [0, 0.05) is 90.9 Å². The number of hydrogen-bond donors (Lipinski definition) is 0. The van der Waals surface area contributed by atoms with Gasteiger partial charge in [-0.05, 0) is 43.0 Å². The van der Waals surface area contributed by atoms with E-state index in [0.717, 1.165) is 72.6 Å². The molecule has 2 unspecified atom stereocenters. The van der Waals surface area contributed by atoms with Crippen molar-refractivity contribution in [3.8, 4) is 34.2 Å². The number of rotatable bonds is 6. The molecule has 0 N–H and O–H groups in total. The summed E-state index contributed by atoms with van der Waals surface area (Å²) in [7, 11) is 1.64. The van der Waals surface area contributed by atoms with Crippen LogP contribution in [0.3, 0.4) is 0 Å². The van der Waals surface area contributed by atoms with Crippen LogP contribution in [0.15, 0.2) is 61.3 Å². The van der Waals surface area contributed by atoms with Gasteiger partial charge in [-0.3, -0.25) is 9.58 Å². The Balaban J connectivity index is 1.05. The molecule has 9 heterocycles. The molecule has 4 aliphatic heterocycles. The zero-order chi connectivity index (χ0) is 27.5. The maximum absolute atomic E-state index is 9.81. The Labute approximate surface area is 237 Å². The molecule has 2 atom stereocenters. The first kappa shape index (κ1) is 24.1. The number of piperidine rings is 1. The molecule has 10 heteroatoms. The Morgan fingerprint density at radius 1 is 0.976 bits per heavy atom. The second kappa shape index (κ2) is 9.42. The summed E-state index contributed by atoms with van der Waals surface area (Å²) in [5.41, 5.74) is 7.94. The highest BCUT2D eigenvalue weighted by Crippen LogP contribution is 2.37. The van der Waals surface area contributed by atoms with E-state index in [2.05, 4.69) is 60.0 Å². The molecule has 4 aliphatic rings. The standard InChI is InChI=1S/C31H29N9O/c1-41-30-7-4-20(12-34-30)16-38-24-10-25(38)19-37(18-24)29-6-5-21(13-33-29)26-9-22(17-40-31(26)23(11-32)14-35-40)27-15-36-39-8-2-3-28(27)39/h4-7,9,12-15,17,24-25H,2-3,8,10,16,18-19H2,1H3. The van der Waals surface area contributed by atoms with Gasteiger partial charge >= 0.3 is 0 Å². The summed E-state index contributed by atoms with van der Waals surface area (Å²) < 4.78 is 9.11. The van der Waals surface area contributed by atoms with Crippen molar-refractivity contribution in [1.29, 1.82) is 5.26 Å². The van der Waals surface area contributed by atoms with Crippen molar-refractivity contribution >= 4 is 11.3 Å². The molecule has 2 bridgehead atoms. The lowest BCUT2D eigenvalue weighted by molar-refractivity contribution is -0.00876. The first-order valence-electron chi connectivity index (χ1n) is 14.1. The number of aryl methyl sites for hydroxylation is 1. The average molecular weight is 544 g/mol. The molecule has 41 heavy (non-hydrogen) atoms. The molecule has 204 valence electrons. The van der Waals surface area contributed by atoms with Gasteiger partial charge in [-0.15, -0.1) is 0 Å². The molecule has 10 nitrogen and oxygen atoms in total. The largest absolute Gasteiger partial charge is 0.481 e. The lowest BCUT2D eigenvalue weighted by Crippen LogP contribution is -2.68. The van der Waals surface area contributed by atoms with Gasteiger partial charge in [0.15, 0.2) is 0 Å². The smallest absolute Gasteiger partial charge is 0.212 e. The van der Waals surface area contributed by atoms with Crippen LogP contribution in [0.4, 0.5) is 5.82 Å². The van der Waals surface area contributed by atoms with Gasteiger partial charge in [-0.25, -0.2) is 14.5 Å². The summed E-state index contributed by atoms with van der Waals surface area (Å²) in [6.45, 7) is 3.79. The molecule has 0 saturated carbocycles. The summed E-state index contributed by atoms with van der Waals surface area (Å²) in [4.78, 5) is 14.2. The molecular weight excluding hydrogens is 514 g/mol. The normalized spacial score (nSPS) is 19.7. The van der Waals surface area contributed by atoms with E-state index < -0.39 is 0 Å². The number of nitrogens with zero attached hydrogens (tertiary/aromatic N) is 9. The fourth-order valence-electron chi connectivity index (χ4n) is 6.78. The molecule has 9 rings (SSSR count). The lowest BCUT2D eigenvalue weighted by Gasteiger charge is -2.56. The lowest BCUT2D eigenvalue weighted by atomic mass is 9.87. The van der Waals surface area contributed by atoms with Crippen LogP contribution in [0.1, 0.15) is 29.7 Å². The van der Waals surface area contributed by atoms with Gasteiger partial charge in [0.25, 0.3) is 0 Å². The molecule has 3 fully saturated rings. The molecule has 3 saturated heterocycles. The summed E-state index contributed by atoms with van der Waals surface area (Å²) in [6.07, 6.45) is 12.8. The zero-order valence-electron chi connectivity index (χ0n) is 22.8. The van der Waals surface area contributed by atoms with E-state index in [9.17, 15) is 5.26 Å². The second-order valence-corrected chi connectivity index (χ2v) is 11.2. The average Bonchev–Trinajstić information content (AvgIpc) is 3.76. The third-order valence-corrected chi connectivity index (χ3v) is 8.87. The number of anilines is 1. The van der Waals surface area contributed by atoms with Crippen LogP contribution < -0.4 is 9.64 Å². The van der Waals surface area contributed by atoms with Crippen LogP contribution in [0, 0.1) is 11.3 Å². The Morgan fingerprint density at radius 3 is 2.63 bits per heavy atom. The van der Waals surface area contributed by atoms with E-state index in [1.54, 1.807) is 13.3 Å².